The van der Waals surface area contributed by atoms with Crippen LogP contribution in [0.25, 0.3) is 0 Å². The van der Waals surface area contributed by atoms with Crippen molar-refractivity contribution in [1.29, 1.82) is 0 Å². The molecule has 1 fully saturated rings. The number of benzene rings is 1. The van der Waals surface area contributed by atoms with E-state index in [1.54, 1.807) is 0 Å². The summed E-state index contributed by atoms with van der Waals surface area (Å²) in [5, 5.41) is 3.76. The number of unbranched alkanes of at least 4 members (excludes halogenated alkanes) is 1. The van der Waals surface area contributed by atoms with Crippen molar-refractivity contribution < 1.29 is 0 Å². The summed E-state index contributed by atoms with van der Waals surface area (Å²) in [4.78, 5) is 2.65. The standard InChI is InChI=1S/C17H28N2S/c1-17(16-9-4-3-5-10-16)15-19(13-8-11-18-17)12-6-7-14-20-2/h3-5,9-10,18H,6-8,11-15H2,1-2H3. The predicted molar refractivity (Wildman–Crippen MR) is 90.5 cm³/mol. The minimum atomic E-state index is 0.0945. The topological polar surface area (TPSA) is 15.3 Å². The molecule has 3 heteroatoms. The Morgan fingerprint density at radius 3 is 2.80 bits per heavy atom. The SMILES string of the molecule is CSCCCCN1CCCNC(C)(c2ccccc2)C1. The maximum absolute atomic E-state index is 3.76. The smallest absolute Gasteiger partial charge is 0.0534 e. The molecule has 20 heavy (non-hydrogen) atoms. The first-order valence-electron chi connectivity index (χ1n) is 7.76. The van der Waals surface area contributed by atoms with Gasteiger partial charge in [0, 0.05) is 6.54 Å². The molecule has 2 nitrogen and oxygen atoms in total. The Hall–Kier alpha value is -0.510. The van der Waals surface area contributed by atoms with Crippen molar-refractivity contribution in [1.82, 2.24) is 10.2 Å². The molecule has 1 unspecified atom stereocenters. The first kappa shape index (κ1) is 15.9. The maximum atomic E-state index is 3.76. The van der Waals surface area contributed by atoms with Gasteiger partial charge in [-0.1, -0.05) is 30.3 Å². The fourth-order valence-corrected chi connectivity index (χ4v) is 3.51. The molecular formula is C17H28N2S. The van der Waals surface area contributed by atoms with Crippen LogP contribution in [0.15, 0.2) is 30.3 Å². The van der Waals surface area contributed by atoms with Crippen molar-refractivity contribution in [3.05, 3.63) is 35.9 Å². The third-order valence-corrected chi connectivity index (χ3v) is 4.89. The van der Waals surface area contributed by atoms with E-state index >= 15 is 0 Å². The van der Waals surface area contributed by atoms with Crippen LogP contribution in [0.1, 0.15) is 31.7 Å². The lowest BCUT2D eigenvalue weighted by molar-refractivity contribution is 0.218. The molecule has 112 valence electrons. The highest BCUT2D eigenvalue weighted by Gasteiger charge is 2.30. The summed E-state index contributed by atoms with van der Waals surface area (Å²) in [7, 11) is 0. The van der Waals surface area contributed by atoms with E-state index in [2.05, 4.69) is 53.7 Å². The van der Waals surface area contributed by atoms with Crippen molar-refractivity contribution in [2.24, 2.45) is 0 Å². The molecule has 0 aliphatic carbocycles. The monoisotopic (exact) mass is 292 g/mol. The van der Waals surface area contributed by atoms with E-state index in [1.165, 1.54) is 43.7 Å². The van der Waals surface area contributed by atoms with Gasteiger partial charge >= 0.3 is 0 Å². The van der Waals surface area contributed by atoms with Gasteiger partial charge in [-0.05, 0) is 63.4 Å². The van der Waals surface area contributed by atoms with E-state index in [0.29, 0.717) is 0 Å². The molecule has 0 radical (unpaired) electrons. The normalized spacial score (nSPS) is 24.5. The van der Waals surface area contributed by atoms with Crippen molar-refractivity contribution in [3.63, 3.8) is 0 Å². The molecule has 1 atom stereocenters. The van der Waals surface area contributed by atoms with Gasteiger partial charge in [0.25, 0.3) is 0 Å². The van der Waals surface area contributed by atoms with Gasteiger partial charge in [0.2, 0.25) is 0 Å². The Morgan fingerprint density at radius 2 is 2.05 bits per heavy atom. The van der Waals surface area contributed by atoms with Crippen LogP contribution in [0.3, 0.4) is 0 Å². The Balaban J connectivity index is 1.96. The lowest BCUT2D eigenvalue weighted by Gasteiger charge is -2.34. The Bertz CT molecular complexity index is 382. The van der Waals surface area contributed by atoms with Gasteiger partial charge in [0.05, 0.1) is 5.54 Å². The zero-order chi connectivity index (χ0) is 14.3. The van der Waals surface area contributed by atoms with Crippen LogP contribution in [0.4, 0.5) is 0 Å². The lowest BCUT2D eigenvalue weighted by atomic mass is 9.91. The Labute approximate surface area is 128 Å². The minimum absolute atomic E-state index is 0.0945. The quantitative estimate of drug-likeness (QED) is 0.810. The molecule has 2 rings (SSSR count). The van der Waals surface area contributed by atoms with Gasteiger partial charge in [-0.25, -0.2) is 0 Å². The van der Waals surface area contributed by atoms with E-state index in [4.69, 9.17) is 0 Å². The molecule has 0 spiro atoms. The molecule has 1 aromatic rings. The van der Waals surface area contributed by atoms with Crippen LogP contribution in [0.5, 0.6) is 0 Å². The summed E-state index contributed by atoms with van der Waals surface area (Å²) in [5.41, 5.74) is 1.51. The highest BCUT2D eigenvalue weighted by Crippen LogP contribution is 2.24. The summed E-state index contributed by atoms with van der Waals surface area (Å²) in [6.07, 6.45) is 6.12. The molecule has 1 aliphatic heterocycles. The average Bonchev–Trinajstić information content (AvgIpc) is 2.67. The Morgan fingerprint density at radius 1 is 1.25 bits per heavy atom. The summed E-state index contributed by atoms with van der Waals surface area (Å²) in [6.45, 7) is 7.06. The zero-order valence-corrected chi connectivity index (χ0v) is 13.7. The van der Waals surface area contributed by atoms with E-state index in [-0.39, 0.29) is 5.54 Å². The van der Waals surface area contributed by atoms with Crippen LogP contribution in [-0.4, -0.2) is 43.1 Å². The lowest BCUT2D eigenvalue weighted by Crippen LogP contribution is -2.46. The number of nitrogens with zero attached hydrogens (tertiary/aromatic N) is 1. The van der Waals surface area contributed by atoms with Crippen LogP contribution in [-0.2, 0) is 5.54 Å². The molecular weight excluding hydrogens is 264 g/mol. The number of nitrogens with one attached hydrogen (secondary N) is 1. The fourth-order valence-electron chi connectivity index (χ4n) is 3.02. The molecule has 1 N–H and O–H groups in total. The van der Waals surface area contributed by atoms with Crippen molar-refractivity contribution >= 4 is 11.8 Å². The molecule has 0 amide bonds. The molecule has 0 aromatic heterocycles. The maximum Gasteiger partial charge on any atom is 0.0534 e. The van der Waals surface area contributed by atoms with E-state index in [0.717, 1.165) is 13.1 Å². The third kappa shape index (κ3) is 4.51. The second-order valence-electron chi connectivity index (χ2n) is 5.95. The van der Waals surface area contributed by atoms with Crippen LogP contribution < -0.4 is 5.32 Å². The van der Waals surface area contributed by atoms with Gasteiger partial charge in [-0.2, -0.15) is 11.8 Å². The number of hydrogen-bond acceptors (Lipinski definition) is 3. The first-order valence-corrected chi connectivity index (χ1v) is 9.16. The molecule has 1 heterocycles. The second kappa shape index (κ2) is 8.06. The van der Waals surface area contributed by atoms with E-state index in [9.17, 15) is 0 Å². The van der Waals surface area contributed by atoms with Gasteiger partial charge < -0.3 is 10.2 Å². The third-order valence-electron chi connectivity index (χ3n) is 4.19. The summed E-state index contributed by atoms with van der Waals surface area (Å²) in [6, 6.07) is 10.9. The highest BCUT2D eigenvalue weighted by atomic mass is 32.2. The minimum Gasteiger partial charge on any atom is -0.307 e. The Kier molecular flexibility index (Phi) is 6.40. The number of thioether (sulfide) groups is 1. The predicted octanol–water partition coefficient (Wildman–Crippen LogP) is 3.34. The molecule has 1 saturated heterocycles. The van der Waals surface area contributed by atoms with Crippen molar-refractivity contribution in [3.8, 4) is 0 Å². The largest absolute Gasteiger partial charge is 0.307 e. The van der Waals surface area contributed by atoms with Crippen molar-refractivity contribution in [2.45, 2.75) is 31.7 Å². The number of rotatable bonds is 6. The first-order chi connectivity index (χ1) is 9.74. The van der Waals surface area contributed by atoms with Crippen LogP contribution in [0.2, 0.25) is 0 Å². The van der Waals surface area contributed by atoms with Gasteiger partial charge in [0.15, 0.2) is 0 Å². The summed E-state index contributed by atoms with van der Waals surface area (Å²) < 4.78 is 0. The van der Waals surface area contributed by atoms with E-state index < -0.39 is 0 Å². The molecule has 1 aromatic carbocycles. The van der Waals surface area contributed by atoms with Crippen LogP contribution in [0, 0.1) is 0 Å². The fraction of sp³-hybridized carbons (Fsp3) is 0.647. The average molecular weight is 292 g/mol. The number of hydrogen-bond donors (Lipinski definition) is 1. The highest BCUT2D eigenvalue weighted by molar-refractivity contribution is 7.98. The molecule has 0 bridgehead atoms. The summed E-state index contributed by atoms with van der Waals surface area (Å²) in [5.74, 6) is 1.29. The van der Waals surface area contributed by atoms with Gasteiger partial charge in [-0.3, -0.25) is 0 Å². The molecule has 0 saturated carbocycles. The van der Waals surface area contributed by atoms with Crippen molar-refractivity contribution in [2.75, 3.05) is 38.2 Å². The van der Waals surface area contributed by atoms with Gasteiger partial charge in [-0.15, -0.1) is 0 Å². The van der Waals surface area contributed by atoms with Gasteiger partial charge in [0.1, 0.15) is 0 Å². The zero-order valence-electron chi connectivity index (χ0n) is 12.9. The molecule has 1 aliphatic rings. The van der Waals surface area contributed by atoms with Crippen LogP contribution >= 0.6 is 11.8 Å². The summed E-state index contributed by atoms with van der Waals surface area (Å²) >= 11 is 1.96. The van der Waals surface area contributed by atoms with E-state index in [1.807, 2.05) is 11.8 Å². The second-order valence-corrected chi connectivity index (χ2v) is 6.94.